The standard InChI is InChI=1S/C22H17S.F6P/c1-3-12-19(13-4-1)23(20-14-5-2-6-15-20)22-17-9-11-18-10-7-8-16-21(18)22;1-7(2,3,4,5)6/h1-17H;/q+1;-1. The topological polar surface area (TPSA) is 0 Å². The fourth-order valence-corrected chi connectivity index (χ4v) is 5.14. The van der Waals surface area contributed by atoms with Crippen LogP contribution >= 0.6 is 7.81 Å². The molecule has 4 aromatic rings. The van der Waals surface area contributed by atoms with Gasteiger partial charge in [-0.15, -0.1) is 0 Å². The summed E-state index contributed by atoms with van der Waals surface area (Å²) >= 11 is 0. The van der Waals surface area contributed by atoms with Gasteiger partial charge in [0.25, 0.3) is 0 Å². The van der Waals surface area contributed by atoms with E-state index in [2.05, 4.69) is 103 Å². The Morgan fingerprint density at radius 3 is 1.37 bits per heavy atom. The normalized spacial score (nSPS) is 13.8. The smallest absolute Gasteiger partial charge is 0.0619 e. The minimum Gasteiger partial charge on any atom is -0.0619 e. The maximum atomic E-state index is 9.87. The molecule has 0 aliphatic rings. The Hall–Kier alpha value is -2.50. The van der Waals surface area contributed by atoms with Crippen LogP contribution in [-0.4, -0.2) is 0 Å². The molecule has 4 rings (SSSR count). The molecule has 4 aromatic carbocycles. The van der Waals surface area contributed by atoms with E-state index in [-0.39, 0.29) is 10.9 Å². The van der Waals surface area contributed by atoms with Gasteiger partial charge in [0.2, 0.25) is 0 Å². The third-order valence-corrected chi connectivity index (χ3v) is 6.21. The minimum absolute atomic E-state index is 0.0892. The summed E-state index contributed by atoms with van der Waals surface area (Å²) in [6, 6.07) is 36.9. The Morgan fingerprint density at radius 1 is 0.467 bits per heavy atom. The third kappa shape index (κ3) is 7.08. The molecular formula is C22H17F6PS. The summed E-state index contributed by atoms with van der Waals surface area (Å²) in [6.07, 6.45) is 0. The van der Waals surface area contributed by atoms with Gasteiger partial charge in [0, 0.05) is 5.39 Å². The molecule has 0 aromatic heterocycles. The first-order valence-corrected chi connectivity index (χ1v) is 12.0. The zero-order chi connectivity index (χ0) is 21.9. The summed E-state index contributed by atoms with van der Waals surface area (Å²) in [5, 5.41) is 2.64. The van der Waals surface area contributed by atoms with Crippen LogP contribution in [0.2, 0.25) is 0 Å². The zero-order valence-electron chi connectivity index (χ0n) is 15.4. The van der Waals surface area contributed by atoms with Crippen molar-refractivity contribution in [3.05, 3.63) is 103 Å². The Balaban J connectivity index is 0.000000318. The summed E-state index contributed by atoms with van der Waals surface area (Å²) in [6.45, 7) is 0. The van der Waals surface area contributed by atoms with Gasteiger partial charge in [-0.05, 0) is 41.8 Å². The van der Waals surface area contributed by atoms with Crippen LogP contribution in [0.3, 0.4) is 0 Å². The summed E-state index contributed by atoms with van der Waals surface area (Å²) in [4.78, 5) is 4.10. The van der Waals surface area contributed by atoms with E-state index in [1.807, 2.05) is 0 Å². The van der Waals surface area contributed by atoms with Gasteiger partial charge in [0.1, 0.15) is 0 Å². The largest absolute Gasteiger partial charge is 0.174 e. The molecule has 0 N–H and O–H groups in total. The van der Waals surface area contributed by atoms with E-state index in [1.54, 1.807) is 0 Å². The van der Waals surface area contributed by atoms with E-state index in [1.165, 1.54) is 25.5 Å². The van der Waals surface area contributed by atoms with E-state index in [0.717, 1.165) is 0 Å². The number of hydrogen-bond donors (Lipinski definition) is 0. The minimum atomic E-state index is -10.7. The summed E-state index contributed by atoms with van der Waals surface area (Å²) in [5.41, 5.74) is 0. The zero-order valence-corrected chi connectivity index (χ0v) is 17.1. The molecule has 0 nitrogen and oxygen atoms in total. The van der Waals surface area contributed by atoms with Crippen LogP contribution in [-0.2, 0) is 10.9 Å². The molecule has 158 valence electrons. The molecule has 8 heteroatoms. The Bertz CT molecular complexity index is 1070. The van der Waals surface area contributed by atoms with Gasteiger partial charge in [0.15, 0.2) is 14.7 Å². The molecule has 30 heavy (non-hydrogen) atoms. The predicted molar refractivity (Wildman–Crippen MR) is 113 cm³/mol. The van der Waals surface area contributed by atoms with Crippen molar-refractivity contribution in [2.24, 2.45) is 0 Å². The molecule has 0 amide bonds. The number of hydrogen-bond acceptors (Lipinski definition) is 0. The Labute approximate surface area is 172 Å². The number of benzene rings is 4. The average Bonchev–Trinajstić information content (AvgIpc) is 2.68. The molecular weight excluding hydrogens is 441 g/mol. The van der Waals surface area contributed by atoms with E-state index in [0.29, 0.717) is 0 Å². The van der Waals surface area contributed by atoms with E-state index >= 15 is 0 Å². The molecule has 0 saturated carbocycles. The average molecular weight is 458 g/mol. The van der Waals surface area contributed by atoms with Gasteiger partial charge >= 0.3 is 33.0 Å². The van der Waals surface area contributed by atoms with Gasteiger partial charge in [0.05, 0.1) is 10.9 Å². The SMILES string of the molecule is F[P-](F)(F)(F)(F)F.c1ccc([S+](c2ccccc2)c2cccc3ccccc23)cc1. The molecule has 0 unspecified atom stereocenters. The maximum absolute atomic E-state index is 10.7. The van der Waals surface area contributed by atoms with Crippen LogP contribution < -0.4 is 0 Å². The second kappa shape index (κ2) is 7.64. The number of rotatable bonds is 3. The summed E-state index contributed by atoms with van der Waals surface area (Å²) in [7, 11) is -10.7. The van der Waals surface area contributed by atoms with E-state index in [9.17, 15) is 25.2 Å². The molecule has 0 radical (unpaired) electrons. The van der Waals surface area contributed by atoms with Gasteiger partial charge < -0.3 is 0 Å². The number of fused-ring (bicyclic) bond motifs is 1. The fourth-order valence-electron chi connectivity index (χ4n) is 2.88. The first-order valence-electron chi connectivity index (χ1n) is 8.77. The van der Waals surface area contributed by atoms with Crippen LogP contribution in [0.4, 0.5) is 25.2 Å². The molecule has 0 bridgehead atoms. The quantitative estimate of drug-likeness (QED) is 0.163. The van der Waals surface area contributed by atoms with Crippen LogP contribution in [0, 0.1) is 0 Å². The Morgan fingerprint density at radius 2 is 0.867 bits per heavy atom. The molecule has 0 spiro atoms. The van der Waals surface area contributed by atoms with Crippen molar-refractivity contribution in [3.63, 3.8) is 0 Å². The van der Waals surface area contributed by atoms with Gasteiger partial charge in [-0.1, -0.05) is 66.7 Å². The summed E-state index contributed by atoms with van der Waals surface area (Å²) < 4.78 is 59.2. The molecule has 0 aliphatic heterocycles. The molecule has 0 atom stereocenters. The van der Waals surface area contributed by atoms with Crippen molar-refractivity contribution in [1.82, 2.24) is 0 Å². The molecule has 0 saturated heterocycles. The van der Waals surface area contributed by atoms with Crippen LogP contribution in [0.1, 0.15) is 0 Å². The summed E-state index contributed by atoms with van der Waals surface area (Å²) in [5.74, 6) is 0. The Kier molecular flexibility index (Phi) is 5.65. The van der Waals surface area contributed by atoms with Crippen molar-refractivity contribution in [2.75, 3.05) is 0 Å². The molecule has 0 fully saturated rings. The van der Waals surface area contributed by atoms with Gasteiger partial charge in [-0.3, -0.25) is 0 Å². The van der Waals surface area contributed by atoms with Crippen molar-refractivity contribution in [3.8, 4) is 0 Å². The van der Waals surface area contributed by atoms with Gasteiger partial charge in [-0.2, -0.15) is 0 Å². The van der Waals surface area contributed by atoms with Crippen LogP contribution in [0.25, 0.3) is 10.8 Å². The van der Waals surface area contributed by atoms with Crippen LogP contribution in [0.15, 0.2) is 118 Å². The molecule has 0 heterocycles. The fraction of sp³-hybridized carbons (Fsp3) is 0. The van der Waals surface area contributed by atoms with E-state index in [4.69, 9.17) is 0 Å². The van der Waals surface area contributed by atoms with Crippen molar-refractivity contribution in [1.29, 1.82) is 0 Å². The first kappa shape index (κ1) is 22.2. The van der Waals surface area contributed by atoms with Gasteiger partial charge in [-0.25, -0.2) is 0 Å². The maximum Gasteiger partial charge on any atom is 0.174 e. The molecule has 0 aliphatic carbocycles. The third-order valence-electron chi connectivity index (χ3n) is 3.93. The van der Waals surface area contributed by atoms with Crippen molar-refractivity contribution in [2.45, 2.75) is 14.7 Å². The van der Waals surface area contributed by atoms with E-state index < -0.39 is 7.81 Å². The first-order chi connectivity index (χ1) is 13.9. The second-order valence-corrected chi connectivity index (χ2v) is 10.3. The monoisotopic (exact) mass is 458 g/mol. The second-order valence-electron chi connectivity index (χ2n) is 6.37. The predicted octanol–water partition coefficient (Wildman–Crippen LogP) is 9.32. The van der Waals surface area contributed by atoms with Crippen LogP contribution in [0.5, 0.6) is 0 Å². The number of halogens is 6. The van der Waals surface area contributed by atoms with Crippen molar-refractivity contribution >= 4 is 29.5 Å². The van der Waals surface area contributed by atoms with Crippen molar-refractivity contribution < 1.29 is 25.2 Å².